The topological polar surface area (TPSA) is 49.4 Å². The predicted molar refractivity (Wildman–Crippen MR) is 118 cm³/mol. The first-order chi connectivity index (χ1) is 13.6. The fraction of sp³-hybridized carbons (Fsp3) is 0.391. The highest BCUT2D eigenvalue weighted by Gasteiger charge is 2.55. The Bertz CT molecular complexity index is 834. The number of rotatable bonds is 4. The molecule has 2 heterocycles. The maximum absolute atomic E-state index is 13.3. The summed E-state index contributed by atoms with van der Waals surface area (Å²) in [4.78, 5) is 27.7. The van der Waals surface area contributed by atoms with Gasteiger partial charge in [0, 0.05) is 16.9 Å². The number of hydrogen-bond acceptors (Lipinski definition) is 3. The molecule has 0 spiro atoms. The van der Waals surface area contributed by atoms with E-state index in [0.29, 0.717) is 6.42 Å². The molecular formula is C23H25IN2O2. The van der Waals surface area contributed by atoms with Crippen LogP contribution in [0.1, 0.15) is 30.4 Å². The van der Waals surface area contributed by atoms with Gasteiger partial charge in [-0.1, -0.05) is 83.3 Å². The molecular weight excluding hydrogens is 461 g/mol. The molecule has 2 aliphatic heterocycles. The lowest BCUT2D eigenvalue weighted by Crippen LogP contribution is -2.62. The normalized spacial score (nSPS) is 26.8. The molecule has 1 N–H and O–H groups in total. The van der Waals surface area contributed by atoms with Gasteiger partial charge in [0.25, 0.3) is 0 Å². The zero-order valence-corrected chi connectivity index (χ0v) is 18.0. The third-order valence-electron chi connectivity index (χ3n) is 6.22. The highest BCUT2D eigenvalue weighted by molar-refractivity contribution is 14.1. The molecule has 2 unspecified atom stereocenters. The average molecular weight is 486 g/mol. The third kappa shape index (κ3) is 3.62. The van der Waals surface area contributed by atoms with Gasteiger partial charge >= 0.3 is 0 Å². The lowest BCUT2D eigenvalue weighted by Gasteiger charge is -2.48. The van der Waals surface area contributed by atoms with Crippen molar-refractivity contribution in [1.29, 1.82) is 0 Å². The first-order valence-corrected chi connectivity index (χ1v) is 11.2. The molecule has 2 amide bonds. The number of alkyl halides is 1. The number of imide groups is 1. The average Bonchev–Trinajstić information content (AvgIpc) is 2.70. The summed E-state index contributed by atoms with van der Waals surface area (Å²) in [5.74, 6) is -0.0368. The summed E-state index contributed by atoms with van der Waals surface area (Å²) < 4.78 is -0.0283. The smallest absolute Gasteiger partial charge is 0.238 e. The van der Waals surface area contributed by atoms with Gasteiger partial charge in [-0.25, -0.2) is 0 Å². The zero-order chi connectivity index (χ0) is 19.6. The molecule has 4 nitrogen and oxygen atoms in total. The molecule has 2 aliphatic rings. The van der Waals surface area contributed by atoms with Crippen molar-refractivity contribution in [3.63, 3.8) is 0 Å². The van der Waals surface area contributed by atoms with Crippen LogP contribution in [0.5, 0.6) is 0 Å². The van der Waals surface area contributed by atoms with Crippen molar-refractivity contribution in [2.75, 3.05) is 13.1 Å². The predicted octanol–water partition coefficient (Wildman–Crippen LogP) is 3.69. The molecule has 2 aromatic carbocycles. The van der Waals surface area contributed by atoms with Crippen LogP contribution in [0.3, 0.4) is 0 Å². The van der Waals surface area contributed by atoms with Crippen LogP contribution in [0.2, 0.25) is 0 Å². The molecule has 0 aliphatic carbocycles. The van der Waals surface area contributed by atoms with Crippen molar-refractivity contribution >= 4 is 34.4 Å². The van der Waals surface area contributed by atoms with Crippen LogP contribution < -0.4 is 5.32 Å². The third-order valence-corrected chi connectivity index (χ3v) is 7.64. The van der Waals surface area contributed by atoms with E-state index in [-0.39, 0.29) is 21.7 Å². The van der Waals surface area contributed by atoms with E-state index in [9.17, 15) is 9.59 Å². The zero-order valence-electron chi connectivity index (χ0n) is 15.8. The summed E-state index contributed by atoms with van der Waals surface area (Å²) in [6, 6.07) is 20.6. The molecule has 2 fully saturated rings. The standard InChI is InChI=1S/C23H25IN2O2/c24-20-15-21(27)25-22(28)23(20,18-9-5-2-6-10-18)19-11-13-26(14-12-19)16-17-7-3-1-4-8-17/h1-10,19-20H,11-16H2,(H,25,27,28)/i24-2. The first-order valence-electron chi connectivity index (χ1n) is 9.91. The van der Waals surface area contributed by atoms with Gasteiger partial charge in [0.2, 0.25) is 11.8 Å². The second kappa shape index (κ2) is 8.33. The van der Waals surface area contributed by atoms with Crippen LogP contribution in [-0.2, 0) is 21.5 Å². The first kappa shape index (κ1) is 19.6. The Labute approximate surface area is 179 Å². The van der Waals surface area contributed by atoms with Crippen LogP contribution in [0.15, 0.2) is 60.7 Å². The van der Waals surface area contributed by atoms with Crippen molar-refractivity contribution < 1.29 is 9.59 Å². The number of nitrogens with one attached hydrogen (secondary N) is 1. The largest absolute Gasteiger partial charge is 0.299 e. The summed E-state index contributed by atoms with van der Waals surface area (Å²) in [5.41, 5.74) is 1.74. The molecule has 2 saturated heterocycles. The molecule has 0 radical (unpaired) electrons. The summed E-state index contributed by atoms with van der Waals surface area (Å²) in [7, 11) is 0. The summed E-state index contributed by atoms with van der Waals surface area (Å²) in [6.45, 7) is 2.89. The van der Waals surface area contributed by atoms with Gasteiger partial charge in [0.05, 0.1) is 5.41 Å². The van der Waals surface area contributed by atoms with E-state index in [2.05, 4.69) is 69.2 Å². The maximum Gasteiger partial charge on any atom is 0.238 e. The number of hydrogen-bond donors (Lipinski definition) is 1. The number of carbonyl (C=O) groups excluding carboxylic acids is 2. The van der Waals surface area contributed by atoms with E-state index < -0.39 is 5.41 Å². The molecule has 0 saturated carbocycles. The fourth-order valence-electron chi connectivity index (χ4n) is 4.84. The second-order valence-electron chi connectivity index (χ2n) is 7.82. The van der Waals surface area contributed by atoms with Crippen LogP contribution in [0, 0.1) is 5.92 Å². The van der Waals surface area contributed by atoms with Crippen LogP contribution in [0.4, 0.5) is 0 Å². The summed E-state index contributed by atoms with van der Waals surface area (Å²) in [5, 5.41) is 2.65. The highest BCUT2D eigenvalue weighted by atomic mass is 125. The van der Waals surface area contributed by atoms with Crippen LogP contribution in [0.25, 0.3) is 0 Å². The monoisotopic (exact) mass is 486 g/mol. The number of nitrogens with zero attached hydrogens (tertiary/aromatic N) is 1. The lowest BCUT2D eigenvalue weighted by atomic mass is 9.62. The number of piperidine rings is 2. The van der Waals surface area contributed by atoms with Gasteiger partial charge in [-0.05, 0) is 43.0 Å². The minimum Gasteiger partial charge on any atom is -0.299 e. The van der Waals surface area contributed by atoms with E-state index in [1.54, 1.807) is 0 Å². The molecule has 4 rings (SSSR count). The Morgan fingerprint density at radius 1 is 0.964 bits per heavy atom. The van der Waals surface area contributed by atoms with E-state index in [1.807, 2.05) is 24.3 Å². The number of halogens is 1. The quantitative estimate of drug-likeness (QED) is 0.408. The molecule has 146 valence electrons. The molecule has 2 atom stereocenters. The van der Waals surface area contributed by atoms with E-state index in [0.717, 1.165) is 38.0 Å². The number of benzene rings is 2. The van der Waals surface area contributed by atoms with E-state index in [1.165, 1.54) is 5.56 Å². The van der Waals surface area contributed by atoms with Crippen LogP contribution >= 0.6 is 22.6 Å². The van der Waals surface area contributed by atoms with Gasteiger partial charge < -0.3 is 0 Å². The van der Waals surface area contributed by atoms with Gasteiger partial charge in [-0.3, -0.25) is 19.8 Å². The van der Waals surface area contributed by atoms with E-state index in [4.69, 9.17) is 0 Å². The van der Waals surface area contributed by atoms with Crippen molar-refractivity contribution in [2.24, 2.45) is 5.92 Å². The van der Waals surface area contributed by atoms with Crippen molar-refractivity contribution in [3.8, 4) is 0 Å². The fourth-order valence-corrected chi connectivity index (χ4v) is 6.39. The molecule has 2 aromatic rings. The number of carbonyl (C=O) groups is 2. The Kier molecular flexibility index (Phi) is 5.83. The summed E-state index contributed by atoms with van der Waals surface area (Å²) >= 11 is 2.34. The Morgan fingerprint density at radius 3 is 2.18 bits per heavy atom. The molecule has 28 heavy (non-hydrogen) atoms. The minimum atomic E-state index is -0.630. The van der Waals surface area contributed by atoms with Gasteiger partial charge in [0.15, 0.2) is 0 Å². The molecule has 0 aromatic heterocycles. The van der Waals surface area contributed by atoms with Crippen molar-refractivity contribution in [1.82, 2.24) is 10.2 Å². The maximum atomic E-state index is 13.3. The van der Waals surface area contributed by atoms with Gasteiger partial charge in [-0.15, -0.1) is 0 Å². The highest BCUT2D eigenvalue weighted by Crippen LogP contribution is 2.47. The van der Waals surface area contributed by atoms with Gasteiger partial charge in [0.1, 0.15) is 0 Å². The second-order valence-corrected chi connectivity index (χ2v) is 9.32. The van der Waals surface area contributed by atoms with Crippen LogP contribution in [-0.4, -0.2) is 33.7 Å². The number of likely N-dealkylation sites (tertiary alicyclic amines) is 1. The summed E-state index contributed by atoms with van der Waals surface area (Å²) in [6.07, 6.45) is 2.32. The Morgan fingerprint density at radius 2 is 1.57 bits per heavy atom. The lowest BCUT2D eigenvalue weighted by molar-refractivity contribution is -0.139. The van der Waals surface area contributed by atoms with Gasteiger partial charge in [-0.2, -0.15) is 0 Å². The molecule has 5 heteroatoms. The van der Waals surface area contributed by atoms with Crippen molar-refractivity contribution in [2.45, 2.75) is 35.1 Å². The van der Waals surface area contributed by atoms with Crippen molar-refractivity contribution in [3.05, 3.63) is 71.8 Å². The SMILES string of the molecule is O=C1CC([125I])C(c2ccccc2)(C2CCN(Cc3ccccc3)CC2)C(=O)N1. The molecule has 0 bridgehead atoms. The number of amides is 2. The Balaban J connectivity index is 1.57. The minimum absolute atomic E-state index is 0.0283. The van der Waals surface area contributed by atoms with E-state index >= 15 is 0 Å². The Hall–Kier alpha value is -1.73.